The second-order valence-electron chi connectivity index (χ2n) is 3.77. The molecule has 2 nitrogen and oxygen atoms in total. The van der Waals surface area contributed by atoms with E-state index in [1.54, 1.807) is 0 Å². The third-order valence-corrected chi connectivity index (χ3v) is 2.42. The lowest BCUT2D eigenvalue weighted by atomic mass is 10.0. The number of carbonyl (C=O) groups excluding carboxylic acids is 1. The van der Waals surface area contributed by atoms with E-state index in [0.29, 0.717) is 12.8 Å². The van der Waals surface area contributed by atoms with Crippen LogP contribution in [0, 0.1) is 0 Å². The normalized spacial score (nSPS) is 12.4. The number of rotatable bonds is 6. The fourth-order valence-corrected chi connectivity index (χ4v) is 1.54. The first-order valence-electron chi connectivity index (χ1n) is 5.50. The third kappa shape index (κ3) is 4.26. The van der Waals surface area contributed by atoms with Crippen LogP contribution in [0.4, 0.5) is 0 Å². The van der Waals surface area contributed by atoms with E-state index in [9.17, 15) is 9.90 Å². The number of carbonyl (C=O) groups is 1. The van der Waals surface area contributed by atoms with Gasteiger partial charge in [0.15, 0.2) is 5.78 Å². The molecule has 1 atom stereocenters. The Balaban J connectivity index is 2.37. The monoisotopic (exact) mass is 206 g/mol. The molecule has 1 N–H and O–H groups in total. The van der Waals surface area contributed by atoms with Gasteiger partial charge < -0.3 is 5.11 Å². The maximum Gasteiger partial charge on any atom is 0.162 e. The number of aliphatic hydroxyl groups is 1. The summed E-state index contributed by atoms with van der Waals surface area (Å²) >= 11 is 0. The minimum Gasteiger partial charge on any atom is -0.393 e. The van der Waals surface area contributed by atoms with Crippen LogP contribution in [0.1, 0.15) is 43.0 Å². The van der Waals surface area contributed by atoms with Crippen molar-refractivity contribution in [2.24, 2.45) is 0 Å². The molecule has 0 aliphatic heterocycles. The molecule has 0 amide bonds. The lowest BCUT2D eigenvalue weighted by Crippen LogP contribution is -2.09. The predicted octanol–water partition coefficient (Wildman–Crippen LogP) is 2.81. The minimum absolute atomic E-state index is 0.116. The van der Waals surface area contributed by atoms with E-state index in [2.05, 4.69) is 0 Å². The molecule has 1 rings (SSSR count). The summed E-state index contributed by atoms with van der Waals surface area (Å²) in [5.41, 5.74) is 0.737. The Hall–Kier alpha value is -1.15. The fourth-order valence-electron chi connectivity index (χ4n) is 1.54. The molecular weight excluding hydrogens is 188 g/mol. The first-order valence-corrected chi connectivity index (χ1v) is 5.50. The summed E-state index contributed by atoms with van der Waals surface area (Å²) in [6.07, 6.45) is 2.41. The quantitative estimate of drug-likeness (QED) is 0.727. The van der Waals surface area contributed by atoms with Crippen molar-refractivity contribution >= 4 is 5.78 Å². The number of benzene rings is 1. The molecule has 0 fully saturated rings. The first-order chi connectivity index (χ1) is 7.24. The standard InChI is InChI=1S/C13H18O2/c1-2-6-12(14)9-10-13(15)11-7-4-3-5-8-11/h3-5,7-8,12,14H,2,6,9-10H2,1H3/t12-/m1/s1. The molecule has 0 radical (unpaired) electrons. The number of hydrogen-bond acceptors (Lipinski definition) is 2. The Kier molecular flexibility index (Phi) is 5.05. The van der Waals surface area contributed by atoms with Gasteiger partial charge in [-0.15, -0.1) is 0 Å². The van der Waals surface area contributed by atoms with E-state index in [4.69, 9.17) is 0 Å². The van der Waals surface area contributed by atoms with E-state index in [1.807, 2.05) is 37.3 Å². The van der Waals surface area contributed by atoms with E-state index >= 15 is 0 Å². The van der Waals surface area contributed by atoms with Crippen molar-refractivity contribution < 1.29 is 9.90 Å². The highest BCUT2D eigenvalue weighted by atomic mass is 16.3. The van der Waals surface area contributed by atoms with Gasteiger partial charge in [-0.25, -0.2) is 0 Å². The molecule has 82 valence electrons. The van der Waals surface area contributed by atoms with Crippen molar-refractivity contribution in [3.05, 3.63) is 35.9 Å². The molecule has 0 unspecified atom stereocenters. The molecule has 0 saturated carbocycles. The van der Waals surface area contributed by atoms with Gasteiger partial charge in [-0.3, -0.25) is 4.79 Å². The minimum atomic E-state index is -0.331. The van der Waals surface area contributed by atoms with Crippen LogP contribution in [-0.2, 0) is 0 Å². The van der Waals surface area contributed by atoms with Crippen LogP contribution in [0.5, 0.6) is 0 Å². The summed E-state index contributed by atoms with van der Waals surface area (Å²) in [7, 11) is 0. The van der Waals surface area contributed by atoms with Crippen molar-refractivity contribution in [1.82, 2.24) is 0 Å². The molecule has 1 aromatic carbocycles. The summed E-state index contributed by atoms with van der Waals surface area (Å²) in [4.78, 5) is 11.6. The van der Waals surface area contributed by atoms with Gasteiger partial charge >= 0.3 is 0 Å². The zero-order valence-corrected chi connectivity index (χ0v) is 9.15. The van der Waals surface area contributed by atoms with Crippen LogP contribution >= 0.6 is 0 Å². The topological polar surface area (TPSA) is 37.3 Å². The summed E-state index contributed by atoms with van der Waals surface area (Å²) in [6.45, 7) is 2.03. The smallest absolute Gasteiger partial charge is 0.162 e. The molecule has 0 heterocycles. The van der Waals surface area contributed by atoms with Crippen LogP contribution in [0.2, 0.25) is 0 Å². The highest BCUT2D eigenvalue weighted by Gasteiger charge is 2.08. The van der Waals surface area contributed by atoms with E-state index in [-0.39, 0.29) is 11.9 Å². The SMILES string of the molecule is CCC[C@@H](O)CCC(=O)c1ccccc1. The second kappa shape index (κ2) is 6.36. The second-order valence-corrected chi connectivity index (χ2v) is 3.77. The number of Topliss-reactive ketones (excluding diaryl/α,β-unsaturated/α-hetero) is 1. The van der Waals surface area contributed by atoms with Gasteiger partial charge in [-0.1, -0.05) is 43.7 Å². The Morgan fingerprint density at radius 2 is 1.93 bits per heavy atom. The molecule has 0 aliphatic carbocycles. The molecule has 0 aromatic heterocycles. The third-order valence-electron chi connectivity index (χ3n) is 2.42. The van der Waals surface area contributed by atoms with Crippen molar-refractivity contribution in [2.45, 2.75) is 38.7 Å². The first kappa shape index (κ1) is 11.9. The van der Waals surface area contributed by atoms with Crippen LogP contribution in [0.15, 0.2) is 30.3 Å². The lowest BCUT2D eigenvalue weighted by molar-refractivity contribution is 0.0933. The summed E-state index contributed by atoms with van der Waals surface area (Å²) in [6, 6.07) is 9.23. The molecule has 1 aromatic rings. The molecule has 15 heavy (non-hydrogen) atoms. The number of aliphatic hydroxyl groups excluding tert-OH is 1. The van der Waals surface area contributed by atoms with Crippen molar-refractivity contribution in [1.29, 1.82) is 0 Å². The maximum atomic E-state index is 11.6. The van der Waals surface area contributed by atoms with Crippen molar-refractivity contribution in [2.75, 3.05) is 0 Å². The van der Waals surface area contributed by atoms with Gasteiger partial charge in [0.25, 0.3) is 0 Å². The Morgan fingerprint density at radius 1 is 1.27 bits per heavy atom. The lowest BCUT2D eigenvalue weighted by Gasteiger charge is -2.07. The Morgan fingerprint density at radius 3 is 2.53 bits per heavy atom. The van der Waals surface area contributed by atoms with Crippen LogP contribution < -0.4 is 0 Å². The van der Waals surface area contributed by atoms with Crippen LogP contribution in [0.25, 0.3) is 0 Å². The summed E-state index contributed by atoms with van der Waals surface area (Å²) in [5, 5.41) is 9.49. The van der Waals surface area contributed by atoms with Gasteiger partial charge in [0, 0.05) is 12.0 Å². The van der Waals surface area contributed by atoms with Crippen molar-refractivity contribution in [3.8, 4) is 0 Å². The van der Waals surface area contributed by atoms with Gasteiger partial charge in [0.2, 0.25) is 0 Å². The average Bonchev–Trinajstić information content (AvgIpc) is 2.27. The largest absolute Gasteiger partial charge is 0.393 e. The van der Waals surface area contributed by atoms with Gasteiger partial charge in [-0.2, -0.15) is 0 Å². The number of hydrogen-bond donors (Lipinski definition) is 1. The average molecular weight is 206 g/mol. The highest BCUT2D eigenvalue weighted by Crippen LogP contribution is 2.09. The van der Waals surface area contributed by atoms with Crippen LogP contribution in [-0.4, -0.2) is 17.0 Å². The van der Waals surface area contributed by atoms with Crippen LogP contribution in [0.3, 0.4) is 0 Å². The summed E-state index contributed by atoms with van der Waals surface area (Å²) in [5.74, 6) is 0.116. The molecule has 0 aliphatic rings. The summed E-state index contributed by atoms with van der Waals surface area (Å²) < 4.78 is 0. The fraction of sp³-hybridized carbons (Fsp3) is 0.462. The van der Waals surface area contributed by atoms with E-state index in [1.165, 1.54) is 0 Å². The highest BCUT2D eigenvalue weighted by molar-refractivity contribution is 5.95. The van der Waals surface area contributed by atoms with Crippen molar-refractivity contribution in [3.63, 3.8) is 0 Å². The zero-order chi connectivity index (χ0) is 11.1. The molecular formula is C13H18O2. The zero-order valence-electron chi connectivity index (χ0n) is 9.15. The van der Waals surface area contributed by atoms with E-state index < -0.39 is 0 Å². The van der Waals surface area contributed by atoms with E-state index in [0.717, 1.165) is 18.4 Å². The Bertz CT molecular complexity index is 293. The maximum absolute atomic E-state index is 11.6. The molecule has 0 bridgehead atoms. The molecule has 0 spiro atoms. The van der Waals surface area contributed by atoms with Gasteiger partial charge in [-0.05, 0) is 12.8 Å². The molecule has 2 heteroatoms. The number of ketones is 1. The predicted molar refractivity (Wildman–Crippen MR) is 60.9 cm³/mol. The van der Waals surface area contributed by atoms with Gasteiger partial charge in [0.1, 0.15) is 0 Å². The Labute approximate surface area is 90.9 Å². The molecule has 0 saturated heterocycles. The van der Waals surface area contributed by atoms with Gasteiger partial charge in [0.05, 0.1) is 6.10 Å².